The molecule has 5 aromatic rings. The number of hydrazone groups is 1. The molecular weight excluding hydrogens is 625 g/mol. The van der Waals surface area contributed by atoms with E-state index in [0.717, 1.165) is 22.5 Å². The van der Waals surface area contributed by atoms with Crippen LogP contribution >= 0.6 is 35.0 Å². The summed E-state index contributed by atoms with van der Waals surface area (Å²) in [4.78, 5) is 23.9. The molecule has 0 aliphatic rings. The lowest BCUT2D eigenvalue weighted by atomic mass is 10.1. The van der Waals surface area contributed by atoms with Crippen LogP contribution in [0.1, 0.15) is 18.3 Å². The third-order valence-corrected chi connectivity index (χ3v) is 7.58. The minimum Gasteiger partial charge on any atom is -0.493 e. The first-order valence-electron chi connectivity index (χ1n) is 13.1. The Kier molecular flexibility index (Phi) is 10.0. The van der Waals surface area contributed by atoms with Gasteiger partial charge < -0.3 is 14.2 Å². The van der Waals surface area contributed by atoms with Crippen molar-refractivity contribution in [2.45, 2.75) is 18.7 Å². The van der Waals surface area contributed by atoms with E-state index in [1.807, 2.05) is 42.5 Å². The van der Waals surface area contributed by atoms with Crippen LogP contribution in [0.25, 0.3) is 16.5 Å². The predicted octanol–water partition coefficient (Wildman–Crippen LogP) is 6.48. The van der Waals surface area contributed by atoms with Crippen molar-refractivity contribution in [3.8, 4) is 22.9 Å². The van der Waals surface area contributed by atoms with Crippen LogP contribution in [0.5, 0.6) is 17.2 Å². The highest BCUT2D eigenvalue weighted by Crippen LogP contribution is 2.31. The van der Waals surface area contributed by atoms with Crippen molar-refractivity contribution < 1.29 is 23.8 Å². The number of nitrogens with one attached hydrogen (secondary N) is 1. The van der Waals surface area contributed by atoms with Gasteiger partial charge in [0, 0.05) is 11.9 Å². The van der Waals surface area contributed by atoms with E-state index in [9.17, 15) is 9.59 Å². The molecule has 0 saturated heterocycles. The molecule has 1 aromatic heterocycles. The van der Waals surface area contributed by atoms with E-state index in [1.54, 1.807) is 41.0 Å². The average molecular weight is 651 g/mol. The number of hydrogen-bond donors (Lipinski definition) is 1. The van der Waals surface area contributed by atoms with Gasteiger partial charge in [0.2, 0.25) is 0 Å². The number of benzene rings is 4. The van der Waals surface area contributed by atoms with Gasteiger partial charge in [-0.3, -0.25) is 14.2 Å². The number of hydrogen-bond acceptors (Lipinski definition) is 9. The number of amides is 1. The Hall–Kier alpha value is -4.58. The van der Waals surface area contributed by atoms with Crippen LogP contribution in [0.2, 0.25) is 10.0 Å². The summed E-state index contributed by atoms with van der Waals surface area (Å²) in [5.74, 6) is 0.936. The SMILES string of the molecule is COc1cc(C=NNC(=O)CSc2nnc(COc3ccc4ccccc4c3)n2-c2ccc(Cl)cc2Cl)ccc1OC(C)=O. The van der Waals surface area contributed by atoms with Gasteiger partial charge in [0.1, 0.15) is 12.4 Å². The van der Waals surface area contributed by atoms with Crippen molar-refractivity contribution in [3.63, 3.8) is 0 Å². The average Bonchev–Trinajstić information content (AvgIpc) is 3.41. The Bertz CT molecular complexity index is 1860. The normalized spacial score (nSPS) is 11.1. The summed E-state index contributed by atoms with van der Waals surface area (Å²) < 4.78 is 18.2. The Morgan fingerprint density at radius 2 is 1.80 bits per heavy atom. The standard InChI is InChI=1S/C31H25Cl2N5O5S/c1-19(39)43-27-12-7-20(13-28(27)41-2)16-34-36-30(40)18-44-31-37-35-29(38(31)26-11-9-23(32)15-25(26)33)17-42-24-10-8-21-5-3-4-6-22(21)14-24/h3-16H,17-18H2,1-2H3,(H,36,40). The van der Waals surface area contributed by atoms with Crippen molar-refractivity contribution in [3.05, 3.63) is 100 Å². The molecule has 0 aliphatic heterocycles. The Labute approximate surface area is 266 Å². The maximum Gasteiger partial charge on any atom is 0.308 e. The Balaban J connectivity index is 1.28. The molecule has 1 amide bonds. The van der Waals surface area contributed by atoms with Crippen LogP contribution < -0.4 is 19.6 Å². The monoisotopic (exact) mass is 649 g/mol. The number of halogens is 2. The molecule has 0 spiro atoms. The molecule has 0 atom stereocenters. The largest absolute Gasteiger partial charge is 0.493 e. The lowest BCUT2D eigenvalue weighted by molar-refractivity contribution is -0.132. The number of fused-ring (bicyclic) bond motifs is 1. The number of methoxy groups -OCH3 is 1. The van der Waals surface area contributed by atoms with E-state index in [0.29, 0.717) is 43.8 Å². The third kappa shape index (κ3) is 7.67. The first-order valence-corrected chi connectivity index (χ1v) is 14.9. The van der Waals surface area contributed by atoms with Gasteiger partial charge in [-0.05, 0) is 64.9 Å². The van der Waals surface area contributed by atoms with Crippen molar-refractivity contribution in [1.82, 2.24) is 20.2 Å². The Morgan fingerprint density at radius 3 is 2.57 bits per heavy atom. The summed E-state index contributed by atoms with van der Waals surface area (Å²) in [6.45, 7) is 1.40. The van der Waals surface area contributed by atoms with Crippen molar-refractivity contribution in [2.24, 2.45) is 5.10 Å². The molecule has 10 nitrogen and oxygen atoms in total. The molecular formula is C31H25Cl2N5O5S. The molecule has 13 heteroatoms. The molecule has 1 N–H and O–H groups in total. The quantitative estimate of drug-likeness (QED) is 0.0568. The maximum absolute atomic E-state index is 12.6. The molecule has 1 heterocycles. The summed E-state index contributed by atoms with van der Waals surface area (Å²) in [6, 6.07) is 23.8. The second-order valence-corrected chi connectivity index (χ2v) is 11.0. The second-order valence-electron chi connectivity index (χ2n) is 9.21. The molecule has 0 radical (unpaired) electrons. The van der Waals surface area contributed by atoms with Crippen LogP contribution in [0.4, 0.5) is 0 Å². The van der Waals surface area contributed by atoms with Crippen LogP contribution in [0.15, 0.2) is 89.1 Å². The van der Waals surface area contributed by atoms with Crippen LogP contribution in [-0.2, 0) is 16.2 Å². The summed E-state index contributed by atoms with van der Waals surface area (Å²) >= 11 is 13.8. The number of nitrogens with zero attached hydrogens (tertiary/aromatic N) is 4. The summed E-state index contributed by atoms with van der Waals surface area (Å²) in [6.07, 6.45) is 1.45. The van der Waals surface area contributed by atoms with E-state index in [-0.39, 0.29) is 24.0 Å². The Morgan fingerprint density at radius 1 is 0.977 bits per heavy atom. The zero-order chi connectivity index (χ0) is 31.1. The van der Waals surface area contributed by atoms with E-state index in [1.165, 1.54) is 20.2 Å². The van der Waals surface area contributed by atoms with Gasteiger partial charge in [-0.25, -0.2) is 5.43 Å². The topological polar surface area (TPSA) is 117 Å². The van der Waals surface area contributed by atoms with Crippen molar-refractivity contribution in [2.75, 3.05) is 12.9 Å². The highest BCUT2D eigenvalue weighted by molar-refractivity contribution is 7.99. The fraction of sp³-hybridized carbons (Fsp3) is 0.129. The molecule has 0 fully saturated rings. The van der Waals surface area contributed by atoms with Gasteiger partial charge >= 0.3 is 5.97 Å². The lowest BCUT2D eigenvalue weighted by Crippen LogP contribution is -2.20. The summed E-state index contributed by atoms with van der Waals surface area (Å²) in [7, 11) is 1.46. The predicted molar refractivity (Wildman–Crippen MR) is 170 cm³/mol. The molecule has 0 saturated carbocycles. The molecule has 224 valence electrons. The second kappa shape index (κ2) is 14.3. The third-order valence-electron chi connectivity index (χ3n) is 6.12. The minimum atomic E-state index is -0.465. The van der Waals surface area contributed by atoms with Gasteiger partial charge in [-0.1, -0.05) is 65.3 Å². The molecule has 0 bridgehead atoms. The number of esters is 1. The highest BCUT2D eigenvalue weighted by Gasteiger charge is 2.19. The van der Waals surface area contributed by atoms with Crippen LogP contribution in [0.3, 0.4) is 0 Å². The maximum atomic E-state index is 12.6. The number of ether oxygens (including phenoxy) is 3. The lowest BCUT2D eigenvalue weighted by Gasteiger charge is -2.13. The smallest absolute Gasteiger partial charge is 0.308 e. The van der Waals surface area contributed by atoms with Gasteiger partial charge in [-0.15, -0.1) is 10.2 Å². The number of aromatic nitrogens is 3. The van der Waals surface area contributed by atoms with Gasteiger partial charge in [0.05, 0.1) is 29.8 Å². The fourth-order valence-corrected chi connectivity index (χ4v) is 5.39. The molecule has 0 unspecified atom stereocenters. The molecule has 4 aromatic carbocycles. The summed E-state index contributed by atoms with van der Waals surface area (Å²) in [5, 5.41) is 16.1. The molecule has 5 rings (SSSR count). The number of carbonyl (C=O) groups excluding carboxylic acids is 2. The fourth-order valence-electron chi connectivity index (χ4n) is 4.14. The zero-order valence-electron chi connectivity index (χ0n) is 23.5. The van der Waals surface area contributed by atoms with E-state index in [2.05, 4.69) is 20.7 Å². The van der Waals surface area contributed by atoms with Gasteiger partial charge in [0.25, 0.3) is 5.91 Å². The minimum absolute atomic E-state index is 0.0130. The van der Waals surface area contributed by atoms with Crippen LogP contribution in [-0.4, -0.2) is 45.7 Å². The highest BCUT2D eigenvalue weighted by atomic mass is 35.5. The van der Waals surface area contributed by atoms with Gasteiger partial charge in [-0.2, -0.15) is 5.10 Å². The first-order chi connectivity index (χ1) is 21.3. The van der Waals surface area contributed by atoms with Gasteiger partial charge in [0.15, 0.2) is 22.5 Å². The molecule has 44 heavy (non-hydrogen) atoms. The van der Waals surface area contributed by atoms with Crippen molar-refractivity contribution in [1.29, 1.82) is 0 Å². The van der Waals surface area contributed by atoms with E-state index >= 15 is 0 Å². The summed E-state index contributed by atoms with van der Waals surface area (Å²) in [5.41, 5.74) is 3.70. The van der Waals surface area contributed by atoms with E-state index < -0.39 is 5.97 Å². The number of carbonyl (C=O) groups is 2. The zero-order valence-corrected chi connectivity index (χ0v) is 25.8. The van der Waals surface area contributed by atoms with Crippen LogP contribution in [0, 0.1) is 0 Å². The number of rotatable bonds is 11. The van der Waals surface area contributed by atoms with Crippen molar-refractivity contribution >= 4 is 63.8 Å². The first kappa shape index (κ1) is 30.9. The molecule has 0 aliphatic carbocycles. The van der Waals surface area contributed by atoms with E-state index in [4.69, 9.17) is 37.4 Å². The number of thioether (sulfide) groups is 1.